The first-order chi connectivity index (χ1) is 12.5. The van der Waals surface area contributed by atoms with E-state index in [1.807, 2.05) is 19.2 Å². The van der Waals surface area contributed by atoms with E-state index < -0.39 is 0 Å². The minimum atomic E-state index is -0.186. The van der Waals surface area contributed by atoms with Gasteiger partial charge in [0.25, 0.3) is 5.56 Å². The van der Waals surface area contributed by atoms with Gasteiger partial charge in [-0.05, 0) is 25.3 Å². The molecule has 0 aromatic carbocycles. The van der Waals surface area contributed by atoms with Crippen LogP contribution in [0.1, 0.15) is 13.8 Å². The first kappa shape index (κ1) is 20.2. The molecule has 26 heavy (non-hydrogen) atoms. The predicted molar refractivity (Wildman–Crippen MR) is 106 cm³/mol. The summed E-state index contributed by atoms with van der Waals surface area (Å²) in [6.07, 6.45) is 1.63. The van der Waals surface area contributed by atoms with Crippen molar-refractivity contribution in [1.29, 1.82) is 0 Å². The maximum absolute atomic E-state index is 12.6. The molecule has 1 N–H and O–H groups in total. The van der Waals surface area contributed by atoms with Gasteiger partial charge in [-0.15, -0.1) is 17.9 Å². The van der Waals surface area contributed by atoms with Crippen molar-refractivity contribution < 1.29 is 9.59 Å². The second-order valence-corrected chi connectivity index (χ2v) is 7.24. The SMILES string of the molecule is C=CCn1c(SCC(=O)N(CC)CC(=O)NCC)nc2ccsc2c1=O. The zero-order chi connectivity index (χ0) is 19.1. The van der Waals surface area contributed by atoms with Crippen LogP contribution in [0, 0.1) is 0 Å². The largest absolute Gasteiger partial charge is 0.355 e. The molecular formula is C17H22N4O3S2. The number of nitrogens with one attached hydrogen (secondary N) is 1. The molecule has 2 amide bonds. The molecule has 0 aliphatic heterocycles. The molecule has 9 heteroatoms. The average Bonchev–Trinajstić information content (AvgIpc) is 3.09. The Balaban J connectivity index is 2.15. The summed E-state index contributed by atoms with van der Waals surface area (Å²) in [7, 11) is 0. The lowest BCUT2D eigenvalue weighted by Gasteiger charge is -2.20. The van der Waals surface area contributed by atoms with Crippen LogP contribution in [0.2, 0.25) is 0 Å². The van der Waals surface area contributed by atoms with E-state index in [2.05, 4.69) is 16.9 Å². The molecule has 7 nitrogen and oxygen atoms in total. The van der Waals surface area contributed by atoms with Gasteiger partial charge in [0.2, 0.25) is 11.8 Å². The van der Waals surface area contributed by atoms with Gasteiger partial charge >= 0.3 is 0 Å². The van der Waals surface area contributed by atoms with Crippen LogP contribution in [0.5, 0.6) is 0 Å². The van der Waals surface area contributed by atoms with E-state index in [1.54, 1.807) is 12.1 Å². The average molecular weight is 395 g/mol. The molecule has 0 spiro atoms. The molecule has 140 valence electrons. The van der Waals surface area contributed by atoms with Crippen LogP contribution in [0.15, 0.2) is 34.1 Å². The van der Waals surface area contributed by atoms with Gasteiger partial charge in [0.05, 0.1) is 17.8 Å². The fourth-order valence-electron chi connectivity index (χ4n) is 2.34. The van der Waals surface area contributed by atoms with Gasteiger partial charge in [-0.25, -0.2) is 4.98 Å². The van der Waals surface area contributed by atoms with Crippen LogP contribution in [-0.4, -0.2) is 51.7 Å². The summed E-state index contributed by atoms with van der Waals surface area (Å²) in [5.74, 6) is -0.255. The molecule has 0 saturated carbocycles. The third-order valence-corrected chi connectivity index (χ3v) is 5.46. The lowest BCUT2D eigenvalue weighted by Crippen LogP contribution is -2.41. The first-order valence-electron chi connectivity index (χ1n) is 8.28. The topological polar surface area (TPSA) is 84.3 Å². The van der Waals surface area contributed by atoms with Gasteiger partial charge in [0, 0.05) is 19.6 Å². The van der Waals surface area contributed by atoms with Crippen LogP contribution in [-0.2, 0) is 16.1 Å². The zero-order valence-electron chi connectivity index (χ0n) is 14.9. The van der Waals surface area contributed by atoms with Crippen molar-refractivity contribution in [3.05, 3.63) is 34.5 Å². The van der Waals surface area contributed by atoms with Crippen LogP contribution in [0.25, 0.3) is 10.2 Å². The molecule has 0 radical (unpaired) electrons. The number of nitrogens with zero attached hydrogens (tertiary/aromatic N) is 3. The second-order valence-electron chi connectivity index (χ2n) is 5.38. The molecule has 0 unspecified atom stereocenters. The number of amides is 2. The van der Waals surface area contributed by atoms with E-state index in [9.17, 15) is 14.4 Å². The van der Waals surface area contributed by atoms with E-state index in [1.165, 1.54) is 32.6 Å². The number of likely N-dealkylation sites (N-methyl/N-ethyl adjacent to an activating group) is 2. The molecule has 0 bridgehead atoms. The van der Waals surface area contributed by atoms with Crippen LogP contribution in [0.4, 0.5) is 0 Å². The number of hydrogen-bond donors (Lipinski definition) is 1. The summed E-state index contributed by atoms with van der Waals surface area (Å²) >= 11 is 2.55. The molecule has 2 aromatic heterocycles. The number of thioether (sulfide) groups is 1. The Morgan fingerprint density at radius 1 is 1.46 bits per heavy atom. The standard InChI is InChI=1S/C17H22N4O3S2/c1-4-8-21-16(24)15-12(7-9-25-15)19-17(21)26-11-14(23)20(6-3)10-13(22)18-5-2/h4,7,9H,1,5-6,8,10-11H2,2-3H3,(H,18,22). The number of carbonyl (C=O) groups excluding carboxylic acids is 2. The molecule has 0 fully saturated rings. The van der Waals surface area contributed by atoms with E-state index >= 15 is 0 Å². The molecule has 2 heterocycles. The normalized spacial score (nSPS) is 10.7. The fourth-order valence-corrected chi connectivity index (χ4v) is 4.03. The van der Waals surface area contributed by atoms with Crippen molar-refractivity contribution >= 4 is 45.1 Å². The number of rotatable bonds is 9. The minimum Gasteiger partial charge on any atom is -0.355 e. The zero-order valence-corrected chi connectivity index (χ0v) is 16.5. The van der Waals surface area contributed by atoms with Gasteiger partial charge in [0.15, 0.2) is 5.16 Å². The molecule has 2 aromatic rings. The van der Waals surface area contributed by atoms with Gasteiger partial charge in [-0.3, -0.25) is 19.0 Å². The predicted octanol–water partition coefficient (Wildman–Crippen LogP) is 1.72. The van der Waals surface area contributed by atoms with E-state index in [4.69, 9.17) is 0 Å². The van der Waals surface area contributed by atoms with Gasteiger partial charge in [-0.2, -0.15) is 0 Å². The Morgan fingerprint density at radius 3 is 2.88 bits per heavy atom. The van der Waals surface area contributed by atoms with Crippen molar-refractivity contribution in [2.75, 3.05) is 25.4 Å². The Hall–Kier alpha value is -2.13. The van der Waals surface area contributed by atoms with Crippen molar-refractivity contribution in [2.45, 2.75) is 25.5 Å². The lowest BCUT2D eigenvalue weighted by molar-refractivity contribution is -0.133. The van der Waals surface area contributed by atoms with Crippen LogP contribution in [0.3, 0.4) is 0 Å². The van der Waals surface area contributed by atoms with Crippen molar-refractivity contribution in [1.82, 2.24) is 19.8 Å². The number of fused-ring (bicyclic) bond motifs is 1. The highest BCUT2D eigenvalue weighted by Crippen LogP contribution is 2.21. The number of thiophene rings is 1. The molecule has 0 aliphatic rings. The second kappa shape index (κ2) is 9.54. The van der Waals surface area contributed by atoms with Gasteiger partial charge in [-0.1, -0.05) is 17.8 Å². The highest BCUT2D eigenvalue weighted by atomic mass is 32.2. The summed E-state index contributed by atoms with van der Waals surface area (Å²) in [6, 6.07) is 1.79. The van der Waals surface area contributed by atoms with E-state index in [-0.39, 0.29) is 29.7 Å². The highest BCUT2D eigenvalue weighted by molar-refractivity contribution is 7.99. The quantitative estimate of drug-likeness (QED) is 0.398. The van der Waals surface area contributed by atoms with Gasteiger partial charge in [0.1, 0.15) is 4.70 Å². The summed E-state index contributed by atoms with van der Waals surface area (Å²) in [5.41, 5.74) is 0.499. The first-order valence-corrected chi connectivity index (χ1v) is 10.1. The Labute approximate surface area is 160 Å². The molecule has 2 rings (SSSR count). The van der Waals surface area contributed by atoms with Crippen LogP contribution >= 0.6 is 23.1 Å². The smallest absolute Gasteiger partial charge is 0.272 e. The number of aromatic nitrogens is 2. The Morgan fingerprint density at radius 2 is 2.23 bits per heavy atom. The molecular weight excluding hydrogens is 372 g/mol. The highest BCUT2D eigenvalue weighted by Gasteiger charge is 2.18. The third-order valence-electron chi connectivity index (χ3n) is 3.61. The van der Waals surface area contributed by atoms with Crippen molar-refractivity contribution in [2.24, 2.45) is 0 Å². The fraction of sp³-hybridized carbons (Fsp3) is 0.412. The Kier molecular flexibility index (Phi) is 7.40. The van der Waals surface area contributed by atoms with E-state index in [0.717, 1.165) is 0 Å². The monoisotopic (exact) mass is 394 g/mol. The number of allylic oxidation sites excluding steroid dienone is 1. The third kappa shape index (κ3) is 4.73. The molecule has 0 saturated heterocycles. The maximum Gasteiger partial charge on any atom is 0.272 e. The number of carbonyl (C=O) groups is 2. The summed E-state index contributed by atoms with van der Waals surface area (Å²) in [4.78, 5) is 42.7. The number of hydrogen-bond acceptors (Lipinski definition) is 6. The molecule has 0 atom stereocenters. The van der Waals surface area contributed by atoms with E-state index in [0.29, 0.717) is 35.0 Å². The van der Waals surface area contributed by atoms with Crippen LogP contribution < -0.4 is 10.9 Å². The van der Waals surface area contributed by atoms with Crippen molar-refractivity contribution in [3.63, 3.8) is 0 Å². The van der Waals surface area contributed by atoms with Crippen molar-refractivity contribution in [3.8, 4) is 0 Å². The Bertz CT molecular complexity index is 859. The maximum atomic E-state index is 12.6. The summed E-state index contributed by atoms with van der Waals surface area (Å²) in [6.45, 7) is 8.65. The van der Waals surface area contributed by atoms with Gasteiger partial charge < -0.3 is 10.2 Å². The molecule has 0 aliphatic carbocycles. The summed E-state index contributed by atoms with van der Waals surface area (Å²) < 4.78 is 2.11. The summed E-state index contributed by atoms with van der Waals surface area (Å²) in [5, 5.41) is 4.98. The minimum absolute atomic E-state index is 0.0280. The lowest BCUT2D eigenvalue weighted by atomic mass is 10.4.